The lowest BCUT2D eigenvalue weighted by Gasteiger charge is -2.13. The highest BCUT2D eigenvalue weighted by molar-refractivity contribution is 7.18. The fourth-order valence-electron chi connectivity index (χ4n) is 2.49. The third-order valence-electron chi connectivity index (χ3n) is 3.99. The SMILES string of the molecule is COc1cccc(C(=O)NC(C)C(=O)Nc2nnc(-c3cccc(C)c3)s2)c1. The third-order valence-corrected chi connectivity index (χ3v) is 4.88. The number of aryl methyl sites for hydroxylation is 1. The Morgan fingerprint density at radius 1 is 1.11 bits per heavy atom. The van der Waals surface area contributed by atoms with Gasteiger partial charge in [-0.15, -0.1) is 10.2 Å². The second kappa shape index (κ2) is 8.62. The summed E-state index contributed by atoms with van der Waals surface area (Å²) in [7, 11) is 1.53. The van der Waals surface area contributed by atoms with Gasteiger partial charge in [-0.25, -0.2) is 0 Å². The van der Waals surface area contributed by atoms with E-state index < -0.39 is 6.04 Å². The van der Waals surface area contributed by atoms with Crippen LogP contribution in [-0.4, -0.2) is 35.2 Å². The van der Waals surface area contributed by atoms with Gasteiger partial charge in [-0.1, -0.05) is 41.2 Å². The van der Waals surface area contributed by atoms with Crippen molar-refractivity contribution in [2.45, 2.75) is 19.9 Å². The molecule has 0 bridgehead atoms. The standard InChI is InChI=1S/C20H20N4O3S/c1-12-6-4-8-15(10-12)19-23-24-20(28-19)22-17(25)13(2)21-18(26)14-7-5-9-16(11-14)27-3/h4-11,13H,1-3H3,(H,21,26)(H,22,24,25). The summed E-state index contributed by atoms with van der Waals surface area (Å²) in [6.07, 6.45) is 0. The van der Waals surface area contributed by atoms with E-state index in [9.17, 15) is 9.59 Å². The highest BCUT2D eigenvalue weighted by Crippen LogP contribution is 2.26. The maximum atomic E-state index is 12.4. The van der Waals surface area contributed by atoms with Gasteiger partial charge in [-0.05, 0) is 38.1 Å². The van der Waals surface area contributed by atoms with Crippen LogP contribution in [0.1, 0.15) is 22.8 Å². The number of hydrogen-bond acceptors (Lipinski definition) is 6. The average Bonchev–Trinajstić information content (AvgIpc) is 3.16. The van der Waals surface area contributed by atoms with E-state index >= 15 is 0 Å². The van der Waals surface area contributed by atoms with Crippen molar-refractivity contribution in [3.05, 3.63) is 59.7 Å². The smallest absolute Gasteiger partial charge is 0.252 e. The van der Waals surface area contributed by atoms with Crippen LogP contribution in [0.4, 0.5) is 5.13 Å². The maximum Gasteiger partial charge on any atom is 0.252 e. The number of aromatic nitrogens is 2. The zero-order chi connectivity index (χ0) is 20.1. The van der Waals surface area contributed by atoms with Crippen molar-refractivity contribution in [2.24, 2.45) is 0 Å². The zero-order valence-corrected chi connectivity index (χ0v) is 16.5. The molecule has 28 heavy (non-hydrogen) atoms. The summed E-state index contributed by atoms with van der Waals surface area (Å²) in [5, 5.41) is 14.6. The van der Waals surface area contributed by atoms with Crippen molar-refractivity contribution in [1.29, 1.82) is 0 Å². The van der Waals surface area contributed by atoms with Crippen LogP contribution in [0.15, 0.2) is 48.5 Å². The molecule has 1 unspecified atom stereocenters. The Morgan fingerprint density at radius 2 is 1.89 bits per heavy atom. The van der Waals surface area contributed by atoms with Crippen molar-refractivity contribution in [1.82, 2.24) is 15.5 Å². The number of methoxy groups -OCH3 is 1. The summed E-state index contributed by atoms with van der Waals surface area (Å²) in [5.41, 5.74) is 2.47. The lowest BCUT2D eigenvalue weighted by molar-refractivity contribution is -0.117. The van der Waals surface area contributed by atoms with E-state index in [0.29, 0.717) is 21.5 Å². The van der Waals surface area contributed by atoms with Gasteiger partial charge in [0.25, 0.3) is 5.91 Å². The minimum atomic E-state index is -0.745. The van der Waals surface area contributed by atoms with Crippen molar-refractivity contribution in [3.63, 3.8) is 0 Å². The topological polar surface area (TPSA) is 93.2 Å². The van der Waals surface area contributed by atoms with Crippen molar-refractivity contribution >= 4 is 28.3 Å². The molecule has 0 saturated heterocycles. The van der Waals surface area contributed by atoms with Gasteiger partial charge in [0.05, 0.1) is 7.11 Å². The Hall–Kier alpha value is -3.26. The summed E-state index contributed by atoms with van der Waals surface area (Å²) in [5.74, 6) is -0.162. The highest BCUT2D eigenvalue weighted by atomic mass is 32.1. The summed E-state index contributed by atoms with van der Waals surface area (Å²) < 4.78 is 5.11. The number of anilines is 1. The van der Waals surface area contributed by atoms with E-state index in [-0.39, 0.29) is 11.8 Å². The minimum Gasteiger partial charge on any atom is -0.497 e. The number of carbonyl (C=O) groups excluding carboxylic acids is 2. The zero-order valence-electron chi connectivity index (χ0n) is 15.7. The van der Waals surface area contributed by atoms with Crippen LogP contribution < -0.4 is 15.4 Å². The van der Waals surface area contributed by atoms with E-state index in [4.69, 9.17) is 4.74 Å². The largest absolute Gasteiger partial charge is 0.497 e. The van der Waals surface area contributed by atoms with E-state index in [1.165, 1.54) is 18.4 Å². The number of nitrogens with one attached hydrogen (secondary N) is 2. The molecule has 0 spiro atoms. The molecule has 144 valence electrons. The molecule has 2 aromatic carbocycles. The molecule has 2 amide bonds. The first-order valence-corrected chi connectivity index (χ1v) is 9.44. The van der Waals surface area contributed by atoms with Gasteiger partial charge in [0, 0.05) is 11.1 Å². The second-order valence-corrected chi connectivity index (χ2v) is 7.18. The van der Waals surface area contributed by atoms with Gasteiger partial charge >= 0.3 is 0 Å². The molecule has 1 aromatic heterocycles. The number of carbonyl (C=O) groups is 2. The predicted octanol–water partition coefficient (Wildman–Crippen LogP) is 3.28. The molecule has 0 fully saturated rings. The van der Waals surface area contributed by atoms with E-state index in [2.05, 4.69) is 20.8 Å². The molecular weight excluding hydrogens is 376 g/mol. The molecule has 7 nitrogen and oxygen atoms in total. The number of hydrogen-bond donors (Lipinski definition) is 2. The molecule has 0 aliphatic rings. The third kappa shape index (κ3) is 4.72. The second-order valence-electron chi connectivity index (χ2n) is 6.20. The first-order chi connectivity index (χ1) is 13.5. The Bertz CT molecular complexity index is 1000. The van der Waals surface area contributed by atoms with Gasteiger partial charge in [0.15, 0.2) is 0 Å². The van der Waals surface area contributed by atoms with Gasteiger partial charge in [0.2, 0.25) is 11.0 Å². The lowest BCUT2D eigenvalue weighted by Crippen LogP contribution is -2.41. The van der Waals surface area contributed by atoms with E-state index in [1.807, 2.05) is 31.2 Å². The molecule has 1 atom stereocenters. The van der Waals surface area contributed by atoms with Crippen molar-refractivity contribution in [2.75, 3.05) is 12.4 Å². The summed E-state index contributed by atoms with van der Waals surface area (Å²) in [6, 6.07) is 13.9. The van der Waals surface area contributed by atoms with Crippen molar-refractivity contribution < 1.29 is 14.3 Å². The van der Waals surface area contributed by atoms with Crippen LogP contribution >= 0.6 is 11.3 Å². The highest BCUT2D eigenvalue weighted by Gasteiger charge is 2.19. The van der Waals surface area contributed by atoms with Gasteiger partial charge in [-0.2, -0.15) is 0 Å². The van der Waals surface area contributed by atoms with Crippen molar-refractivity contribution in [3.8, 4) is 16.3 Å². The van der Waals surface area contributed by atoms with Gasteiger partial charge < -0.3 is 10.1 Å². The van der Waals surface area contributed by atoms with Crippen LogP contribution in [-0.2, 0) is 4.79 Å². The maximum absolute atomic E-state index is 12.4. The summed E-state index contributed by atoms with van der Waals surface area (Å²) >= 11 is 1.28. The summed E-state index contributed by atoms with van der Waals surface area (Å²) in [4.78, 5) is 24.7. The van der Waals surface area contributed by atoms with Crippen LogP contribution in [0.25, 0.3) is 10.6 Å². The monoisotopic (exact) mass is 396 g/mol. The molecule has 3 rings (SSSR count). The van der Waals surface area contributed by atoms with Gasteiger partial charge in [0.1, 0.15) is 16.8 Å². The summed E-state index contributed by atoms with van der Waals surface area (Å²) in [6.45, 7) is 3.61. The molecule has 2 N–H and O–H groups in total. The van der Waals surface area contributed by atoms with Crippen LogP contribution in [0.5, 0.6) is 5.75 Å². The molecule has 3 aromatic rings. The average molecular weight is 396 g/mol. The fraction of sp³-hybridized carbons (Fsp3) is 0.200. The molecule has 1 heterocycles. The number of nitrogens with zero attached hydrogens (tertiary/aromatic N) is 2. The molecule has 0 radical (unpaired) electrons. The molecule has 0 saturated carbocycles. The van der Waals surface area contributed by atoms with Gasteiger partial charge in [-0.3, -0.25) is 14.9 Å². The lowest BCUT2D eigenvalue weighted by atomic mass is 10.1. The first-order valence-electron chi connectivity index (χ1n) is 8.62. The van der Waals surface area contributed by atoms with E-state index in [0.717, 1.165) is 11.1 Å². The van der Waals surface area contributed by atoms with Crippen LogP contribution in [0.2, 0.25) is 0 Å². The predicted molar refractivity (Wildman–Crippen MR) is 109 cm³/mol. The molecule has 8 heteroatoms. The Labute approximate surface area is 166 Å². The first kappa shape index (κ1) is 19.5. The number of benzene rings is 2. The number of rotatable bonds is 6. The number of ether oxygens (including phenoxy) is 1. The Balaban J connectivity index is 1.62. The minimum absolute atomic E-state index is 0.362. The van der Waals surface area contributed by atoms with Crippen LogP contribution in [0.3, 0.4) is 0 Å². The van der Waals surface area contributed by atoms with E-state index in [1.54, 1.807) is 31.2 Å². The Kier molecular flexibility index (Phi) is 6.00. The molecule has 0 aliphatic heterocycles. The fourth-order valence-corrected chi connectivity index (χ4v) is 3.23. The number of amides is 2. The Morgan fingerprint density at radius 3 is 2.64 bits per heavy atom. The quantitative estimate of drug-likeness (QED) is 0.667. The van der Waals surface area contributed by atoms with Crippen LogP contribution in [0, 0.1) is 6.92 Å². The molecule has 0 aliphatic carbocycles. The molecular formula is C20H20N4O3S. The normalized spacial score (nSPS) is 11.5.